The van der Waals surface area contributed by atoms with Gasteiger partial charge in [-0.3, -0.25) is 0 Å². The monoisotopic (exact) mass is 317 g/mol. The molecule has 1 aromatic carbocycles. The molecule has 6 heteroatoms. The third kappa shape index (κ3) is 2.61. The van der Waals surface area contributed by atoms with Gasteiger partial charge < -0.3 is 14.5 Å². The standard InChI is InChI=1S/C17H20FN3O2/c18-14-5-3-12(4-6-14)8-15-19-16(23-20-15)21-9-13-2-1-7-17(13,10-21)11-22/h3-6,13,22H,1-2,7-11H2/t13-,17+/m0/s1. The van der Waals surface area contributed by atoms with Crippen LogP contribution in [0, 0.1) is 17.2 Å². The summed E-state index contributed by atoms with van der Waals surface area (Å²) in [5.74, 6) is 0.863. The molecule has 1 saturated carbocycles. The van der Waals surface area contributed by atoms with E-state index < -0.39 is 0 Å². The fraction of sp³-hybridized carbons (Fsp3) is 0.529. The number of benzene rings is 1. The largest absolute Gasteiger partial charge is 0.396 e. The van der Waals surface area contributed by atoms with Gasteiger partial charge in [-0.15, -0.1) is 0 Å². The third-order valence-corrected chi connectivity index (χ3v) is 5.36. The average molecular weight is 317 g/mol. The Morgan fingerprint density at radius 3 is 2.91 bits per heavy atom. The van der Waals surface area contributed by atoms with Crippen LogP contribution in [0.25, 0.3) is 0 Å². The zero-order chi connectivity index (χ0) is 15.9. The summed E-state index contributed by atoms with van der Waals surface area (Å²) in [7, 11) is 0. The average Bonchev–Trinajstić information content (AvgIpc) is 3.23. The second kappa shape index (κ2) is 5.60. The molecular weight excluding hydrogens is 297 g/mol. The Hall–Kier alpha value is -1.95. The molecule has 1 aliphatic carbocycles. The van der Waals surface area contributed by atoms with E-state index in [4.69, 9.17) is 4.52 Å². The van der Waals surface area contributed by atoms with Gasteiger partial charge in [0.15, 0.2) is 5.82 Å². The Morgan fingerprint density at radius 2 is 2.17 bits per heavy atom. The van der Waals surface area contributed by atoms with Crippen LogP contribution in [0.5, 0.6) is 0 Å². The van der Waals surface area contributed by atoms with E-state index in [2.05, 4.69) is 15.0 Å². The van der Waals surface area contributed by atoms with Gasteiger partial charge in [0.2, 0.25) is 0 Å². The van der Waals surface area contributed by atoms with E-state index >= 15 is 0 Å². The molecule has 2 atom stereocenters. The van der Waals surface area contributed by atoms with Gasteiger partial charge in [-0.05, 0) is 36.5 Å². The van der Waals surface area contributed by atoms with Crippen LogP contribution in [0.4, 0.5) is 10.4 Å². The minimum atomic E-state index is -0.250. The lowest BCUT2D eigenvalue weighted by atomic mass is 9.82. The summed E-state index contributed by atoms with van der Waals surface area (Å²) < 4.78 is 18.3. The molecule has 0 amide bonds. The van der Waals surface area contributed by atoms with E-state index in [0.29, 0.717) is 24.2 Å². The number of halogens is 1. The summed E-state index contributed by atoms with van der Waals surface area (Å²) in [5.41, 5.74) is 0.954. The van der Waals surface area contributed by atoms with Crippen LogP contribution in [0.2, 0.25) is 0 Å². The first-order valence-electron chi connectivity index (χ1n) is 8.11. The van der Waals surface area contributed by atoms with Gasteiger partial charge in [0.25, 0.3) is 0 Å². The number of aliphatic hydroxyl groups excluding tert-OH is 1. The van der Waals surface area contributed by atoms with Crippen LogP contribution >= 0.6 is 0 Å². The third-order valence-electron chi connectivity index (χ3n) is 5.36. The van der Waals surface area contributed by atoms with Crippen LogP contribution in [-0.4, -0.2) is 34.9 Å². The molecule has 0 bridgehead atoms. The molecule has 1 N–H and O–H groups in total. The van der Waals surface area contributed by atoms with Gasteiger partial charge >= 0.3 is 6.01 Å². The lowest BCUT2D eigenvalue weighted by Gasteiger charge is -2.25. The van der Waals surface area contributed by atoms with Crippen molar-refractivity contribution in [3.8, 4) is 0 Å². The number of hydrogen-bond acceptors (Lipinski definition) is 5. The van der Waals surface area contributed by atoms with Crippen molar-refractivity contribution in [1.82, 2.24) is 10.1 Å². The topological polar surface area (TPSA) is 62.4 Å². The SMILES string of the molecule is OC[C@]12CCC[C@H]1CN(c1nc(Cc3ccc(F)cc3)no1)C2. The molecule has 5 nitrogen and oxygen atoms in total. The minimum absolute atomic E-state index is 0.00555. The van der Waals surface area contributed by atoms with Crippen molar-refractivity contribution in [1.29, 1.82) is 0 Å². The van der Waals surface area contributed by atoms with E-state index in [9.17, 15) is 9.50 Å². The summed E-state index contributed by atoms with van der Waals surface area (Å²) >= 11 is 0. The van der Waals surface area contributed by atoms with Crippen LogP contribution in [-0.2, 0) is 6.42 Å². The predicted molar refractivity (Wildman–Crippen MR) is 82.6 cm³/mol. The first-order valence-corrected chi connectivity index (χ1v) is 8.11. The maximum absolute atomic E-state index is 12.9. The summed E-state index contributed by atoms with van der Waals surface area (Å²) in [6.07, 6.45) is 3.94. The lowest BCUT2D eigenvalue weighted by molar-refractivity contribution is 0.121. The fourth-order valence-corrected chi connectivity index (χ4v) is 4.05. The molecular formula is C17H20FN3O2. The Balaban J connectivity index is 1.47. The number of anilines is 1. The van der Waals surface area contributed by atoms with Gasteiger partial charge in [-0.2, -0.15) is 4.98 Å². The summed E-state index contributed by atoms with van der Waals surface area (Å²) in [6.45, 7) is 1.88. The number of hydrogen-bond donors (Lipinski definition) is 1. The molecule has 1 aromatic heterocycles. The van der Waals surface area contributed by atoms with Crippen molar-refractivity contribution in [3.05, 3.63) is 41.5 Å². The number of aromatic nitrogens is 2. The second-order valence-electron chi connectivity index (χ2n) is 6.79. The number of fused-ring (bicyclic) bond motifs is 1. The van der Waals surface area contributed by atoms with Gasteiger partial charge in [0.05, 0.1) is 6.61 Å². The molecule has 23 heavy (non-hydrogen) atoms. The van der Waals surface area contributed by atoms with Crippen LogP contribution in [0.3, 0.4) is 0 Å². The van der Waals surface area contributed by atoms with Gasteiger partial charge in [-0.25, -0.2) is 4.39 Å². The van der Waals surface area contributed by atoms with Gasteiger partial charge in [0.1, 0.15) is 5.82 Å². The number of aliphatic hydroxyl groups is 1. The minimum Gasteiger partial charge on any atom is -0.396 e. The first kappa shape index (κ1) is 14.6. The normalized spacial score (nSPS) is 26.7. The van der Waals surface area contributed by atoms with Gasteiger partial charge in [0, 0.05) is 24.9 Å². The highest BCUT2D eigenvalue weighted by molar-refractivity contribution is 5.32. The van der Waals surface area contributed by atoms with Crippen molar-refractivity contribution < 1.29 is 14.0 Å². The summed E-state index contributed by atoms with van der Waals surface area (Å²) in [4.78, 5) is 6.57. The molecule has 2 aromatic rings. The predicted octanol–water partition coefficient (Wildman–Crippen LogP) is 2.40. The van der Waals surface area contributed by atoms with Crippen molar-refractivity contribution in [2.75, 3.05) is 24.6 Å². The zero-order valence-corrected chi connectivity index (χ0v) is 12.9. The smallest absolute Gasteiger partial charge is 0.324 e. The van der Waals surface area contributed by atoms with Crippen molar-refractivity contribution in [2.24, 2.45) is 11.3 Å². The number of nitrogens with zero attached hydrogens (tertiary/aromatic N) is 3. The lowest BCUT2D eigenvalue weighted by Crippen LogP contribution is -2.31. The zero-order valence-electron chi connectivity index (χ0n) is 12.9. The molecule has 2 fully saturated rings. The Labute approximate surface area is 134 Å². The highest BCUT2D eigenvalue weighted by Crippen LogP contribution is 2.49. The molecule has 1 saturated heterocycles. The van der Waals surface area contributed by atoms with E-state index in [1.54, 1.807) is 12.1 Å². The highest BCUT2D eigenvalue weighted by Gasteiger charge is 2.50. The summed E-state index contributed by atoms with van der Waals surface area (Å²) in [5, 5.41) is 13.8. The van der Waals surface area contributed by atoms with E-state index in [0.717, 1.165) is 31.5 Å². The fourth-order valence-electron chi connectivity index (χ4n) is 4.05. The van der Waals surface area contributed by atoms with Crippen LogP contribution in [0.1, 0.15) is 30.7 Å². The van der Waals surface area contributed by atoms with E-state index in [1.807, 2.05) is 0 Å². The Kier molecular flexibility index (Phi) is 3.56. The van der Waals surface area contributed by atoms with Crippen LogP contribution < -0.4 is 4.90 Å². The quantitative estimate of drug-likeness (QED) is 0.938. The molecule has 2 aliphatic rings. The Bertz CT molecular complexity index is 687. The van der Waals surface area contributed by atoms with E-state index in [1.165, 1.54) is 18.6 Å². The first-order chi connectivity index (χ1) is 11.2. The van der Waals surface area contributed by atoms with Crippen LogP contribution in [0.15, 0.2) is 28.8 Å². The second-order valence-corrected chi connectivity index (χ2v) is 6.79. The van der Waals surface area contributed by atoms with E-state index in [-0.39, 0.29) is 17.8 Å². The van der Waals surface area contributed by atoms with Crippen molar-refractivity contribution in [3.63, 3.8) is 0 Å². The molecule has 4 rings (SSSR count). The molecule has 1 aliphatic heterocycles. The Morgan fingerprint density at radius 1 is 1.35 bits per heavy atom. The molecule has 122 valence electrons. The summed E-state index contributed by atoms with van der Waals surface area (Å²) in [6, 6.07) is 6.86. The molecule has 0 spiro atoms. The van der Waals surface area contributed by atoms with Gasteiger partial charge in [-0.1, -0.05) is 23.7 Å². The maximum Gasteiger partial charge on any atom is 0.324 e. The van der Waals surface area contributed by atoms with Crippen molar-refractivity contribution >= 4 is 6.01 Å². The number of rotatable bonds is 4. The molecule has 2 heterocycles. The van der Waals surface area contributed by atoms with Crippen molar-refractivity contribution in [2.45, 2.75) is 25.7 Å². The molecule has 0 unspecified atom stereocenters. The maximum atomic E-state index is 12.9. The highest BCUT2D eigenvalue weighted by atomic mass is 19.1. The molecule has 0 radical (unpaired) electrons.